The molecule has 0 spiro atoms. The molecule has 2 aromatic carbocycles. The van der Waals surface area contributed by atoms with Crippen molar-refractivity contribution < 1.29 is 14.4 Å². The van der Waals surface area contributed by atoms with Crippen LogP contribution in [-0.2, 0) is 9.59 Å². The number of carbonyl (C=O) groups is 3. The molecule has 0 unspecified atom stereocenters. The van der Waals surface area contributed by atoms with Crippen LogP contribution in [0.4, 0.5) is 16.2 Å². The van der Waals surface area contributed by atoms with Crippen molar-refractivity contribution in [1.29, 1.82) is 0 Å². The molecule has 3 rings (SSSR count). The van der Waals surface area contributed by atoms with Gasteiger partial charge in [0.25, 0.3) is 5.91 Å². The fourth-order valence-corrected chi connectivity index (χ4v) is 3.02. The third-order valence-corrected chi connectivity index (χ3v) is 4.72. The number of nitrogens with one attached hydrogen (secondary N) is 1. The van der Waals surface area contributed by atoms with Gasteiger partial charge in [0.05, 0.1) is 11.4 Å². The Labute approximate surface area is 164 Å². The van der Waals surface area contributed by atoms with Crippen LogP contribution in [0.15, 0.2) is 47.5 Å². The quantitative estimate of drug-likeness (QED) is 0.432. The zero-order valence-corrected chi connectivity index (χ0v) is 16.4. The number of barbiturate groups is 1. The molecule has 1 aliphatic heterocycles. The lowest BCUT2D eigenvalue weighted by Crippen LogP contribution is -2.58. The Morgan fingerprint density at radius 2 is 1.77 bits per heavy atom. The molecule has 0 saturated carbocycles. The topological polar surface area (TPSA) is 78.8 Å². The molecule has 1 atom stereocenters. The van der Waals surface area contributed by atoms with Crippen LogP contribution in [0.1, 0.15) is 11.1 Å². The summed E-state index contributed by atoms with van der Waals surface area (Å²) in [6, 6.07) is 11.8. The van der Waals surface area contributed by atoms with Crippen LogP contribution in [0, 0.1) is 23.3 Å². The Morgan fingerprint density at radius 1 is 1.08 bits per heavy atom. The highest BCUT2D eigenvalue weighted by molar-refractivity contribution is 14.1. The van der Waals surface area contributed by atoms with Crippen molar-refractivity contribution >= 4 is 58.0 Å². The zero-order chi connectivity index (χ0) is 18.8. The molecule has 1 N–H and O–H groups in total. The van der Waals surface area contributed by atoms with E-state index in [1.165, 1.54) is 6.21 Å². The summed E-state index contributed by atoms with van der Waals surface area (Å²) in [6.07, 6.45) is 1.29. The van der Waals surface area contributed by atoms with Crippen molar-refractivity contribution in [2.45, 2.75) is 13.8 Å². The fraction of sp³-hybridized carbons (Fsp3) is 0.158. The van der Waals surface area contributed by atoms with Crippen LogP contribution < -0.4 is 10.2 Å². The second-order valence-corrected chi connectivity index (χ2v) is 7.24. The zero-order valence-electron chi connectivity index (χ0n) is 14.2. The summed E-state index contributed by atoms with van der Waals surface area (Å²) in [5.74, 6) is -2.45. The van der Waals surface area contributed by atoms with Gasteiger partial charge in [-0.05, 0) is 72.3 Å². The van der Waals surface area contributed by atoms with Crippen LogP contribution in [0.2, 0.25) is 0 Å². The summed E-state index contributed by atoms with van der Waals surface area (Å²) in [7, 11) is 0. The summed E-state index contributed by atoms with van der Waals surface area (Å²) >= 11 is 2.13. The molecule has 4 amide bonds. The molecule has 132 valence electrons. The number of carbonyl (C=O) groups excluding carboxylic acids is 3. The standard InChI is InChI=1S/C19H16IN3O3/c1-11-3-8-16(12(2)9-11)21-10-15-17(24)22-19(26)23(18(15)25)14-6-4-13(20)5-7-14/h3-10,15H,1-2H3,(H,22,24,26)/t15-/m1/s1. The van der Waals surface area contributed by atoms with Crippen molar-refractivity contribution in [3.8, 4) is 0 Å². The van der Waals surface area contributed by atoms with Gasteiger partial charge in [0.1, 0.15) is 0 Å². The van der Waals surface area contributed by atoms with E-state index in [0.717, 1.165) is 19.6 Å². The van der Waals surface area contributed by atoms with Gasteiger partial charge in [0.15, 0.2) is 5.92 Å². The second kappa shape index (κ2) is 7.36. The first-order chi connectivity index (χ1) is 12.4. The maximum atomic E-state index is 12.7. The van der Waals surface area contributed by atoms with Gasteiger partial charge in [0.2, 0.25) is 5.91 Å². The Bertz CT molecular complexity index is 922. The number of anilines is 1. The summed E-state index contributed by atoms with van der Waals surface area (Å²) in [4.78, 5) is 42.3. The number of nitrogens with zero attached hydrogens (tertiary/aromatic N) is 2. The predicted molar refractivity (Wildman–Crippen MR) is 108 cm³/mol. The maximum Gasteiger partial charge on any atom is 0.335 e. The van der Waals surface area contributed by atoms with Crippen LogP contribution in [-0.4, -0.2) is 24.1 Å². The molecule has 7 heteroatoms. The Hall–Kier alpha value is -2.55. The summed E-state index contributed by atoms with van der Waals surface area (Å²) in [6.45, 7) is 3.88. The van der Waals surface area contributed by atoms with Gasteiger partial charge >= 0.3 is 6.03 Å². The lowest BCUT2D eigenvalue weighted by Gasteiger charge is -2.28. The van der Waals surface area contributed by atoms with E-state index in [2.05, 4.69) is 32.9 Å². The molecule has 1 heterocycles. The Balaban J connectivity index is 1.90. The van der Waals surface area contributed by atoms with Crippen molar-refractivity contribution in [2.24, 2.45) is 10.9 Å². The number of rotatable bonds is 3. The van der Waals surface area contributed by atoms with E-state index >= 15 is 0 Å². The van der Waals surface area contributed by atoms with E-state index in [9.17, 15) is 14.4 Å². The van der Waals surface area contributed by atoms with Gasteiger partial charge in [-0.2, -0.15) is 0 Å². The van der Waals surface area contributed by atoms with Gasteiger partial charge < -0.3 is 0 Å². The lowest BCUT2D eigenvalue weighted by molar-refractivity contribution is -0.131. The Kier molecular flexibility index (Phi) is 5.17. The van der Waals surface area contributed by atoms with Gasteiger partial charge in [-0.25, -0.2) is 9.69 Å². The monoisotopic (exact) mass is 461 g/mol. The molecule has 1 fully saturated rings. The number of hydrogen-bond acceptors (Lipinski definition) is 4. The number of imide groups is 2. The summed E-state index contributed by atoms with van der Waals surface area (Å²) in [5, 5.41) is 2.22. The number of benzene rings is 2. The first-order valence-electron chi connectivity index (χ1n) is 7.92. The molecular weight excluding hydrogens is 445 g/mol. The van der Waals surface area contributed by atoms with Gasteiger partial charge in [-0.1, -0.05) is 17.7 Å². The minimum Gasteiger partial charge on any atom is -0.276 e. The largest absolute Gasteiger partial charge is 0.335 e. The number of hydrogen-bond donors (Lipinski definition) is 1. The van der Waals surface area contributed by atoms with Gasteiger partial charge in [0, 0.05) is 9.78 Å². The van der Waals surface area contributed by atoms with Gasteiger partial charge in [-0.15, -0.1) is 0 Å². The predicted octanol–water partition coefficient (Wildman–Crippen LogP) is 3.51. The molecule has 0 bridgehead atoms. The van der Waals surface area contributed by atoms with Crippen LogP contribution in [0.3, 0.4) is 0 Å². The highest BCUT2D eigenvalue weighted by Gasteiger charge is 2.40. The molecule has 1 aliphatic rings. The second-order valence-electron chi connectivity index (χ2n) is 5.99. The van der Waals surface area contributed by atoms with Gasteiger partial charge in [-0.3, -0.25) is 19.9 Å². The van der Waals surface area contributed by atoms with E-state index in [1.807, 2.05) is 32.0 Å². The molecule has 6 nitrogen and oxygen atoms in total. The van der Waals surface area contributed by atoms with Crippen molar-refractivity contribution in [3.05, 3.63) is 57.2 Å². The Morgan fingerprint density at radius 3 is 2.42 bits per heavy atom. The molecule has 0 aliphatic carbocycles. The minimum absolute atomic E-state index is 0.408. The fourth-order valence-electron chi connectivity index (χ4n) is 2.66. The van der Waals surface area contributed by atoms with Crippen molar-refractivity contribution in [3.63, 3.8) is 0 Å². The SMILES string of the molecule is Cc1ccc(N=C[C@@H]2C(=O)NC(=O)N(c3ccc(I)cc3)C2=O)c(C)c1. The number of amides is 4. The van der Waals surface area contributed by atoms with Crippen LogP contribution in [0.25, 0.3) is 0 Å². The normalized spacial score (nSPS) is 17.7. The average Bonchev–Trinajstić information content (AvgIpc) is 2.57. The molecule has 0 radical (unpaired) electrons. The van der Waals surface area contributed by atoms with E-state index in [1.54, 1.807) is 24.3 Å². The number of aliphatic imine (C=N–C) groups is 1. The van der Waals surface area contributed by atoms with Crippen LogP contribution in [0.5, 0.6) is 0 Å². The van der Waals surface area contributed by atoms with E-state index in [4.69, 9.17) is 0 Å². The van der Waals surface area contributed by atoms with E-state index in [0.29, 0.717) is 11.4 Å². The van der Waals surface area contributed by atoms with Crippen molar-refractivity contribution in [1.82, 2.24) is 5.32 Å². The molecule has 0 aromatic heterocycles. The highest BCUT2D eigenvalue weighted by Crippen LogP contribution is 2.23. The molecule has 26 heavy (non-hydrogen) atoms. The number of urea groups is 1. The highest BCUT2D eigenvalue weighted by atomic mass is 127. The number of halogens is 1. The third-order valence-electron chi connectivity index (χ3n) is 4.00. The molecule has 2 aromatic rings. The first kappa shape index (κ1) is 18.2. The van der Waals surface area contributed by atoms with Crippen molar-refractivity contribution in [2.75, 3.05) is 4.90 Å². The lowest BCUT2D eigenvalue weighted by atomic mass is 10.1. The van der Waals surface area contributed by atoms with E-state index in [-0.39, 0.29) is 0 Å². The average molecular weight is 461 g/mol. The third kappa shape index (κ3) is 3.67. The molecule has 1 saturated heterocycles. The summed E-state index contributed by atoms with van der Waals surface area (Å²) in [5.41, 5.74) is 3.12. The first-order valence-corrected chi connectivity index (χ1v) is 9.00. The summed E-state index contributed by atoms with van der Waals surface area (Å²) < 4.78 is 0.972. The molecular formula is C19H16IN3O3. The van der Waals surface area contributed by atoms with Crippen LogP contribution >= 0.6 is 22.6 Å². The smallest absolute Gasteiger partial charge is 0.276 e. The maximum absolute atomic E-state index is 12.7. The number of aryl methyl sites for hydroxylation is 2. The van der Waals surface area contributed by atoms with E-state index < -0.39 is 23.8 Å². The minimum atomic E-state index is -1.16.